The van der Waals surface area contributed by atoms with Gasteiger partial charge in [-0.1, -0.05) is 158 Å². The quantitative estimate of drug-likeness (QED) is 0.0536. The van der Waals surface area contributed by atoms with E-state index in [-0.39, 0.29) is 5.56 Å². The normalized spacial score (nSPS) is 11.9. The van der Waals surface area contributed by atoms with Crippen molar-refractivity contribution < 1.29 is 25.5 Å². The van der Waals surface area contributed by atoms with Crippen molar-refractivity contribution >= 4 is 64.6 Å². The van der Waals surface area contributed by atoms with Crippen LogP contribution in [-0.4, -0.2) is 25.5 Å². The average molecular weight is 737 g/mol. The molecule has 5 heteroatoms. The Labute approximate surface area is 326 Å². The van der Waals surface area contributed by atoms with E-state index < -0.39 is 28.7 Å². The number of phenolic OH excluding ortho intramolecular Hbond substituents is 5. The Morgan fingerprint density at radius 2 is 0.719 bits per heavy atom. The molecule has 0 atom stereocenters. The fraction of sp³-hybridized carbons (Fsp3) is 0. The van der Waals surface area contributed by atoms with Gasteiger partial charge in [-0.3, -0.25) is 0 Å². The molecule has 11 aromatic rings. The molecule has 0 spiro atoms. The number of phenols is 5. The highest BCUT2D eigenvalue weighted by molar-refractivity contribution is 6.28. The number of benzene rings is 11. The Kier molecular flexibility index (Phi) is 6.94. The third-order valence-corrected chi connectivity index (χ3v) is 11.8. The molecule has 57 heavy (non-hydrogen) atoms. The van der Waals surface area contributed by atoms with E-state index in [0.717, 1.165) is 54.9 Å². The van der Waals surface area contributed by atoms with Crippen LogP contribution in [0.3, 0.4) is 0 Å². The molecule has 0 saturated carbocycles. The zero-order valence-corrected chi connectivity index (χ0v) is 30.3. The molecule has 0 bridgehead atoms. The lowest BCUT2D eigenvalue weighted by atomic mass is 9.82. The first-order valence-electron chi connectivity index (χ1n) is 18.8. The first kappa shape index (κ1) is 32.7. The van der Waals surface area contributed by atoms with Crippen molar-refractivity contribution in [1.29, 1.82) is 0 Å². The van der Waals surface area contributed by atoms with E-state index >= 15 is 0 Å². The minimum Gasteiger partial charge on any atom is -0.504 e. The number of hydrogen-bond donors (Lipinski definition) is 5. The lowest BCUT2D eigenvalue weighted by molar-refractivity contribution is 0.330. The van der Waals surface area contributed by atoms with Crippen molar-refractivity contribution in [2.45, 2.75) is 0 Å². The Morgan fingerprint density at radius 3 is 1.42 bits per heavy atom. The molecule has 0 amide bonds. The monoisotopic (exact) mass is 736 g/mol. The number of fused-ring (bicyclic) bond motifs is 3. The fourth-order valence-corrected chi connectivity index (χ4v) is 9.19. The maximum Gasteiger partial charge on any atom is 0.208 e. The molecule has 0 fully saturated rings. The van der Waals surface area contributed by atoms with E-state index in [0.29, 0.717) is 16.3 Å². The maximum absolute atomic E-state index is 11.4. The highest BCUT2D eigenvalue weighted by atomic mass is 16.4. The fourth-order valence-electron chi connectivity index (χ4n) is 9.19. The molecular weight excluding hydrogens is 705 g/mol. The molecule has 11 rings (SSSR count). The molecule has 0 radical (unpaired) electrons. The number of aromatic hydroxyl groups is 5. The number of hydrogen-bond acceptors (Lipinski definition) is 5. The molecule has 270 valence electrons. The number of rotatable bonds is 4. The molecule has 0 aliphatic carbocycles. The largest absolute Gasteiger partial charge is 0.504 e. The first-order valence-corrected chi connectivity index (χ1v) is 18.8. The van der Waals surface area contributed by atoms with E-state index in [2.05, 4.69) is 103 Å². The molecule has 5 N–H and O–H groups in total. The van der Waals surface area contributed by atoms with Gasteiger partial charge in [0.05, 0.1) is 5.56 Å². The molecule has 0 aromatic heterocycles. The molecule has 0 unspecified atom stereocenters. The topological polar surface area (TPSA) is 101 Å². The predicted molar refractivity (Wildman–Crippen MR) is 233 cm³/mol. The average Bonchev–Trinajstić information content (AvgIpc) is 3.26. The van der Waals surface area contributed by atoms with Gasteiger partial charge >= 0.3 is 0 Å². The van der Waals surface area contributed by atoms with Gasteiger partial charge in [-0.05, 0) is 104 Å². The highest BCUT2D eigenvalue weighted by Gasteiger charge is 2.29. The second-order valence-electron chi connectivity index (χ2n) is 14.7. The lowest BCUT2D eigenvalue weighted by Crippen LogP contribution is -1.94. The molecule has 11 aromatic carbocycles. The lowest BCUT2D eigenvalue weighted by Gasteiger charge is -2.22. The van der Waals surface area contributed by atoms with E-state index in [1.807, 2.05) is 60.7 Å². The van der Waals surface area contributed by atoms with Gasteiger partial charge in [0.15, 0.2) is 11.5 Å². The zero-order chi connectivity index (χ0) is 38.5. The summed E-state index contributed by atoms with van der Waals surface area (Å²) < 4.78 is 0. The van der Waals surface area contributed by atoms with Crippen LogP contribution < -0.4 is 0 Å². The standard InChI is InChI=1S/C52H32O5/c53-48-47(49(54)51(56)52(57)50(48)55)46-38-16-7-6-15-37(38)45(41-24-21-32(27-42(41)46)28-9-2-1-3-10-28)40-26-25-35(33-13-4-5-14-34(33)40)36-22-19-31-18-17-29-11-8-12-30-20-23-39(36)44(31)43(29)30/h1-27,53-57H. The summed E-state index contributed by atoms with van der Waals surface area (Å²) in [5, 5.41) is 67.2. The van der Waals surface area contributed by atoms with Crippen molar-refractivity contribution in [1.82, 2.24) is 0 Å². The first-order chi connectivity index (χ1) is 27.9. The van der Waals surface area contributed by atoms with Gasteiger partial charge in [-0.15, -0.1) is 0 Å². The van der Waals surface area contributed by atoms with Crippen LogP contribution in [0.5, 0.6) is 28.7 Å². The van der Waals surface area contributed by atoms with Crippen LogP contribution in [0.2, 0.25) is 0 Å². The van der Waals surface area contributed by atoms with E-state index in [1.165, 1.54) is 32.3 Å². The van der Waals surface area contributed by atoms with Gasteiger partial charge in [0, 0.05) is 5.56 Å². The van der Waals surface area contributed by atoms with Crippen molar-refractivity contribution in [3.05, 3.63) is 164 Å². The zero-order valence-electron chi connectivity index (χ0n) is 30.3. The summed E-state index contributed by atoms with van der Waals surface area (Å²) in [7, 11) is 0. The predicted octanol–water partition coefficient (Wildman–Crippen LogP) is 13.2. The van der Waals surface area contributed by atoms with Gasteiger partial charge in [0.2, 0.25) is 17.2 Å². The maximum atomic E-state index is 11.4. The molecule has 0 aliphatic heterocycles. The summed E-state index contributed by atoms with van der Waals surface area (Å²) >= 11 is 0. The summed E-state index contributed by atoms with van der Waals surface area (Å²) in [6, 6.07) is 56.5. The second kappa shape index (κ2) is 12.1. The summed E-state index contributed by atoms with van der Waals surface area (Å²) in [5.74, 6) is -4.32. The Balaban J connectivity index is 1.24. The summed E-state index contributed by atoms with van der Waals surface area (Å²) in [6.45, 7) is 0. The molecule has 0 saturated heterocycles. The highest BCUT2D eigenvalue weighted by Crippen LogP contribution is 2.58. The Bertz CT molecular complexity index is 3410. The van der Waals surface area contributed by atoms with E-state index in [4.69, 9.17) is 0 Å². The molecule has 0 heterocycles. The van der Waals surface area contributed by atoms with Gasteiger partial charge in [-0.2, -0.15) is 0 Å². The SMILES string of the molecule is Oc1c(O)c(O)c(-c2c3ccccc3c(-c3ccc(-c4ccc5ccc6cccc7ccc4c5c67)c4ccccc34)c3ccc(-c4ccccc4)cc23)c(O)c1O. The van der Waals surface area contributed by atoms with Crippen molar-refractivity contribution in [2.24, 2.45) is 0 Å². The Morgan fingerprint density at radius 1 is 0.246 bits per heavy atom. The van der Waals surface area contributed by atoms with Crippen LogP contribution in [0.4, 0.5) is 0 Å². The summed E-state index contributed by atoms with van der Waals surface area (Å²) in [4.78, 5) is 0. The van der Waals surface area contributed by atoms with Crippen LogP contribution >= 0.6 is 0 Å². The van der Waals surface area contributed by atoms with Gasteiger partial charge in [-0.25, -0.2) is 0 Å². The van der Waals surface area contributed by atoms with Gasteiger partial charge < -0.3 is 25.5 Å². The minimum absolute atomic E-state index is 0.185. The molecular formula is C52H32O5. The summed E-state index contributed by atoms with van der Waals surface area (Å²) in [5.41, 5.74) is 6.30. The second-order valence-corrected chi connectivity index (χ2v) is 14.7. The van der Waals surface area contributed by atoms with Crippen molar-refractivity contribution in [3.8, 4) is 73.3 Å². The summed E-state index contributed by atoms with van der Waals surface area (Å²) in [6.07, 6.45) is 0. The van der Waals surface area contributed by atoms with Gasteiger partial charge in [0.25, 0.3) is 0 Å². The van der Waals surface area contributed by atoms with Crippen LogP contribution in [0.25, 0.3) is 109 Å². The third kappa shape index (κ3) is 4.63. The Hall–Kier alpha value is -7.76. The van der Waals surface area contributed by atoms with Crippen molar-refractivity contribution in [2.75, 3.05) is 0 Å². The van der Waals surface area contributed by atoms with Crippen LogP contribution in [0.15, 0.2) is 164 Å². The smallest absolute Gasteiger partial charge is 0.208 e. The van der Waals surface area contributed by atoms with Crippen LogP contribution in [-0.2, 0) is 0 Å². The minimum atomic E-state index is -1.000. The van der Waals surface area contributed by atoms with Crippen molar-refractivity contribution in [3.63, 3.8) is 0 Å². The third-order valence-electron chi connectivity index (χ3n) is 11.8. The van der Waals surface area contributed by atoms with Crippen LogP contribution in [0, 0.1) is 0 Å². The van der Waals surface area contributed by atoms with Gasteiger partial charge in [0.1, 0.15) is 0 Å². The molecule has 0 aliphatic rings. The van der Waals surface area contributed by atoms with Crippen LogP contribution in [0.1, 0.15) is 0 Å². The van der Waals surface area contributed by atoms with E-state index in [9.17, 15) is 25.5 Å². The van der Waals surface area contributed by atoms with E-state index in [1.54, 1.807) is 0 Å². The molecule has 5 nitrogen and oxygen atoms in total.